The minimum Gasteiger partial charge on any atom is -0.398 e. The third kappa shape index (κ3) is 3.96. The number of H-pyrrole nitrogens is 1. The molecular formula is C25H23F2N5O. The smallest absolute Gasteiger partial charge is 0.256 e. The Labute approximate surface area is 189 Å². The molecule has 6 nitrogen and oxygen atoms in total. The van der Waals surface area contributed by atoms with Gasteiger partial charge in [-0.15, -0.1) is 0 Å². The largest absolute Gasteiger partial charge is 0.398 e. The standard InChI is InChI=1S/C25H23F2N5O/c26-17-11-20-19(22(29)12-17)13-23(30-25(20)33)16-2-3-18(10-16)31-5-7-32(8-6-31)24-4-1-15(14-28)9-21(24)27/h1,4,9-13,18H,2-3,5-8,29H2,(H,30,33)/t18-/m0/s1. The monoisotopic (exact) mass is 447 g/mol. The Hall–Kier alpha value is -3.70. The van der Waals surface area contributed by atoms with E-state index in [1.165, 1.54) is 18.2 Å². The summed E-state index contributed by atoms with van der Waals surface area (Å²) in [6.07, 6.45) is 3.92. The van der Waals surface area contributed by atoms with Crippen LogP contribution in [0.2, 0.25) is 0 Å². The molecule has 33 heavy (non-hydrogen) atoms. The van der Waals surface area contributed by atoms with Crippen LogP contribution in [0.15, 0.2) is 47.3 Å². The number of halogens is 2. The fourth-order valence-electron chi connectivity index (χ4n) is 4.87. The second-order valence-corrected chi connectivity index (χ2v) is 8.57. The average Bonchev–Trinajstić information content (AvgIpc) is 3.30. The maximum Gasteiger partial charge on any atom is 0.256 e. The van der Waals surface area contributed by atoms with Gasteiger partial charge in [0.15, 0.2) is 0 Å². The van der Waals surface area contributed by atoms with Crippen molar-refractivity contribution in [2.45, 2.75) is 18.9 Å². The number of allylic oxidation sites excluding steroid dienone is 1. The maximum atomic E-state index is 14.4. The van der Waals surface area contributed by atoms with Gasteiger partial charge in [0.25, 0.3) is 5.56 Å². The van der Waals surface area contributed by atoms with Crippen molar-refractivity contribution in [1.82, 2.24) is 9.88 Å². The zero-order valence-electron chi connectivity index (χ0n) is 17.9. The topological polar surface area (TPSA) is 89.2 Å². The molecular weight excluding hydrogens is 424 g/mol. The van der Waals surface area contributed by atoms with Crippen molar-refractivity contribution in [3.05, 3.63) is 75.7 Å². The Morgan fingerprint density at radius 1 is 1.06 bits per heavy atom. The van der Waals surface area contributed by atoms with Crippen LogP contribution in [-0.2, 0) is 0 Å². The van der Waals surface area contributed by atoms with Crippen molar-refractivity contribution >= 4 is 27.7 Å². The van der Waals surface area contributed by atoms with E-state index in [9.17, 15) is 13.6 Å². The summed E-state index contributed by atoms with van der Waals surface area (Å²) in [6.45, 7) is 2.96. The molecule has 5 rings (SSSR count). The highest BCUT2D eigenvalue weighted by Crippen LogP contribution is 2.32. The number of rotatable bonds is 3. The Kier molecular flexibility index (Phi) is 5.35. The number of aromatic amines is 1. The van der Waals surface area contributed by atoms with Gasteiger partial charge in [-0.3, -0.25) is 9.69 Å². The van der Waals surface area contributed by atoms with E-state index in [4.69, 9.17) is 11.0 Å². The van der Waals surface area contributed by atoms with Crippen LogP contribution in [0.3, 0.4) is 0 Å². The van der Waals surface area contributed by atoms with E-state index in [0.717, 1.165) is 31.5 Å². The van der Waals surface area contributed by atoms with E-state index in [-0.39, 0.29) is 28.5 Å². The summed E-state index contributed by atoms with van der Waals surface area (Å²) in [4.78, 5) is 19.8. The molecule has 0 unspecified atom stereocenters. The fraction of sp³-hybridized carbons (Fsp3) is 0.280. The molecule has 168 valence electrons. The first kappa shape index (κ1) is 21.2. The van der Waals surface area contributed by atoms with Gasteiger partial charge in [0.1, 0.15) is 11.6 Å². The number of nitrogens with one attached hydrogen (secondary N) is 1. The average molecular weight is 447 g/mol. The van der Waals surface area contributed by atoms with Crippen LogP contribution in [0.1, 0.15) is 24.1 Å². The van der Waals surface area contributed by atoms with Gasteiger partial charge >= 0.3 is 0 Å². The first-order chi connectivity index (χ1) is 15.9. The Morgan fingerprint density at radius 2 is 1.85 bits per heavy atom. The summed E-state index contributed by atoms with van der Waals surface area (Å²) < 4.78 is 28.0. The van der Waals surface area contributed by atoms with E-state index < -0.39 is 5.82 Å². The van der Waals surface area contributed by atoms with Crippen molar-refractivity contribution < 1.29 is 8.78 Å². The van der Waals surface area contributed by atoms with E-state index in [1.807, 2.05) is 17.0 Å². The van der Waals surface area contributed by atoms with Crippen molar-refractivity contribution in [2.24, 2.45) is 0 Å². The van der Waals surface area contributed by atoms with Gasteiger partial charge in [-0.05, 0) is 54.8 Å². The molecule has 3 N–H and O–H groups in total. The molecule has 2 aromatic carbocycles. The summed E-state index contributed by atoms with van der Waals surface area (Å²) in [5.74, 6) is -0.900. The highest BCUT2D eigenvalue weighted by molar-refractivity contribution is 5.94. The van der Waals surface area contributed by atoms with E-state index in [0.29, 0.717) is 35.4 Å². The number of nitrogens with zero attached hydrogens (tertiary/aromatic N) is 3. The Bertz CT molecular complexity index is 1370. The van der Waals surface area contributed by atoms with E-state index in [1.54, 1.807) is 12.1 Å². The molecule has 1 aliphatic carbocycles. The number of nitrogen functional groups attached to an aromatic ring is 1. The van der Waals surface area contributed by atoms with Crippen LogP contribution in [-0.4, -0.2) is 42.1 Å². The summed E-state index contributed by atoms with van der Waals surface area (Å²) in [5, 5.41) is 9.73. The molecule has 0 amide bonds. The quantitative estimate of drug-likeness (QED) is 0.599. The molecule has 0 spiro atoms. The third-order valence-electron chi connectivity index (χ3n) is 6.61. The maximum absolute atomic E-state index is 14.4. The van der Waals surface area contributed by atoms with Crippen molar-refractivity contribution in [3.8, 4) is 6.07 Å². The number of anilines is 2. The first-order valence-electron chi connectivity index (χ1n) is 10.9. The lowest BCUT2D eigenvalue weighted by Gasteiger charge is -2.38. The lowest BCUT2D eigenvalue weighted by molar-refractivity contribution is 0.214. The molecule has 1 atom stereocenters. The predicted octanol–water partition coefficient (Wildman–Crippen LogP) is 3.63. The van der Waals surface area contributed by atoms with Gasteiger partial charge in [-0.1, -0.05) is 6.08 Å². The predicted molar refractivity (Wildman–Crippen MR) is 125 cm³/mol. The third-order valence-corrected chi connectivity index (χ3v) is 6.61. The van der Waals surface area contributed by atoms with Crippen molar-refractivity contribution in [2.75, 3.05) is 36.8 Å². The van der Waals surface area contributed by atoms with Gasteiger partial charge < -0.3 is 15.6 Å². The van der Waals surface area contributed by atoms with Crippen LogP contribution < -0.4 is 16.2 Å². The second-order valence-electron chi connectivity index (χ2n) is 8.57. The molecule has 1 fully saturated rings. The Morgan fingerprint density at radius 3 is 2.58 bits per heavy atom. The van der Waals surface area contributed by atoms with Crippen LogP contribution >= 0.6 is 0 Å². The minimum atomic E-state index is -0.529. The zero-order valence-corrected chi connectivity index (χ0v) is 17.9. The normalized spacial score (nSPS) is 19.0. The van der Waals surface area contributed by atoms with Crippen LogP contribution in [0, 0.1) is 23.0 Å². The molecule has 2 heterocycles. The molecule has 3 aromatic rings. The van der Waals surface area contributed by atoms with Gasteiger partial charge in [-0.2, -0.15) is 5.26 Å². The molecule has 1 aromatic heterocycles. The van der Waals surface area contributed by atoms with Crippen LogP contribution in [0.25, 0.3) is 16.3 Å². The molecule has 2 aliphatic rings. The number of hydrogen-bond acceptors (Lipinski definition) is 5. The molecule has 0 saturated carbocycles. The number of piperazine rings is 1. The first-order valence-corrected chi connectivity index (χ1v) is 10.9. The van der Waals surface area contributed by atoms with E-state index in [2.05, 4.69) is 16.0 Å². The fourth-order valence-corrected chi connectivity index (χ4v) is 4.87. The highest BCUT2D eigenvalue weighted by Gasteiger charge is 2.28. The molecule has 1 aliphatic heterocycles. The van der Waals surface area contributed by atoms with Crippen molar-refractivity contribution in [3.63, 3.8) is 0 Å². The molecule has 0 bridgehead atoms. The number of hydrogen-bond donors (Lipinski definition) is 2. The van der Waals surface area contributed by atoms with Gasteiger partial charge in [0.05, 0.1) is 22.7 Å². The summed E-state index contributed by atoms with van der Waals surface area (Å²) >= 11 is 0. The van der Waals surface area contributed by atoms with Crippen molar-refractivity contribution in [1.29, 1.82) is 5.26 Å². The molecule has 1 saturated heterocycles. The highest BCUT2D eigenvalue weighted by atomic mass is 19.1. The summed E-state index contributed by atoms with van der Waals surface area (Å²) in [6, 6.07) is 11.0. The number of fused-ring (bicyclic) bond motifs is 1. The lowest BCUT2D eigenvalue weighted by atomic mass is 10.1. The lowest BCUT2D eigenvalue weighted by Crippen LogP contribution is -2.49. The summed E-state index contributed by atoms with van der Waals surface area (Å²) in [5.41, 5.74) is 8.46. The SMILES string of the molecule is N#Cc1ccc(N2CCN([C@@H]3C=C(c4cc5c(N)cc(F)cc5c(=O)[nH]4)CC3)CC2)c(F)c1. The number of aromatic nitrogens is 1. The molecule has 8 heteroatoms. The number of pyridine rings is 1. The number of nitriles is 1. The second kappa shape index (κ2) is 8.34. The zero-order chi connectivity index (χ0) is 23.1. The van der Waals surface area contributed by atoms with Gasteiger partial charge in [-0.25, -0.2) is 8.78 Å². The molecule has 0 radical (unpaired) electrons. The van der Waals surface area contributed by atoms with Crippen LogP contribution in [0.5, 0.6) is 0 Å². The minimum absolute atomic E-state index is 0.234. The number of benzene rings is 2. The van der Waals surface area contributed by atoms with Gasteiger partial charge in [0.2, 0.25) is 0 Å². The summed E-state index contributed by atoms with van der Waals surface area (Å²) in [7, 11) is 0. The van der Waals surface area contributed by atoms with Gasteiger partial charge in [0, 0.05) is 49.0 Å². The van der Waals surface area contributed by atoms with Crippen LogP contribution in [0.4, 0.5) is 20.2 Å². The van der Waals surface area contributed by atoms with E-state index >= 15 is 0 Å². The number of nitrogens with two attached hydrogens (primary N) is 1. The Balaban J connectivity index is 1.31.